The zero-order valence-corrected chi connectivity index (χ0v) is 8.27. The summed E-state index contributed by atoms with van der Waals surface area (Å²) in [6.45, 7) is 1.92. The van der Waals surface area contributed by atoms with Crippen LogP contribution in [0.2, 0.25) is 0 Å². The van der Waals surface area contributed by atoms with Gasteiger partial charge in [0.25, 0.3) is 0 Å². The lowest BCUT2D eigenvalue weighted by molar-refractivity contribution is -0.140. The Bertz CT molecular complexity index is 381. The molecule has 5 nitrogen and oxygen atoms in total. The molecule has 0 aromatic carbocycles. The third-order valence-corrected chi connectivity index (χ3v) is 1.90. The van der Waals surface area contributed by atoms with E-state index in [2.05, 4.69) is 10.3 Å². The van der Waals surface area contributed by atoms with E-state index in [0.717, 1.165) is 0 Å². The minimum atomic E-state index is -0.851. The molecular weight excluding hydrogens is 194 g/mol. The Kier molecular flexibility index (Phi) is 3.63. The molecule has 0 aliphatic carbocycles. The lowest BCUT2D eigenvalue weighted by Crippen LogP contribution is -2.19. The molecule has 1 heterocycles. The Balaban J connectivity index is 2.52. The second-order valence-electron chi connectivity index (χ2n) is 3.16. The number of carboxylic acid groups (broad SMARTS) is 1. The summed E-state index contributed by atoms with van der Waals surface area (Å²) in [6.07, 6.45) is 1.44. The summed E-state index contributed by atoms with van der Waals surface area (Å²) in [4.78, 5) is 14.5. The van der Waals surface area contributed by atoms with Crippen molar-refractivity contribution in [2.45, 2.75) is 6.92 Å². The zero-order chi connectivity index (χ0) is 11.3. The first-order chi connectivity index (χ1) is 7.13. The molecule has 0 saturated heterocycles. The van der Waals surface area contributed by atoms with Crippen LogP contribution in [-0.4, -0.2) is 22.6 Å². The summed E-state index contributed by atoms with van der Waals surface area (Å²) in [7, 11) is 0. The van der Waals surface area contributed by atoms with E-state index in [1.807, 2.05) is 6.07 Å². The molecule has 1 aromatic heterocycles. The summed E-state index contributed by atoms with van der Waals surface area (Å²) in [5.74, 6) is -0.749. The van der Waals surface area contributed by atoms with Crippen LogP contribution in [0.1, 0.15) is 12.5 Å². The van der Waals surface area contributed by atoms with Crippen LogP contribution in [0.15, 0.2) is 18.3 Å². The van der Waals surface area contributed by atoms with Crippen molar-refractivity contribution in [3.05, 3.63) is 23.9 Å². The largest absolute Gasteiger partial charge is 0.481 e. The number of nitriles is 1. The number of rotatable bonds is 4. The molecular formula is C10H11N3O2. The average molecular weight is 205 g/mol. The first-order valence-electron chi connectivity index (χ1n) is 4.46. The second kappa shape index (κ2) is 4.96. The molecule has 1 atom stereocenters. The standard InChI is InChI=1S/C10H11N3O2/c1-7(10(14)15)5-12-9-3-2-8(4-11)6-13-9/h2-3,6-7H,5H2,1H3,(H,12,13)(H,14,15). The maximum atomic E-state index is 10.5. The van der Waals surface area contributed by atoms with E-state index in [4.69, 9.17) is 10.4 Å². The van der Waals surface area contributed by atoms with Crippen LogP contribution in [0.3, 0.4) is 0 Å². The van der Waals surface area contributed by atoms with E-state index in [9.17, 15) is 4.79 Å². The smallest absolute Gasteiger partial charge is 0.308 e. The van der Waals surface area contributed by atoms with Gasteiger partial charge in [0.2, 0.25) is 0 Å². The minimum absolute atomic E-state index is 0.314. The van der Waals surface area contributed by atoms with Crippen molar-refractivity contribution in [2.75, 3.05) is 11.9 Å². The van der Waals surface area contributed by atoms with Crippen molar-refractivity contribution in [3.8, 4) is 6.07 Å². The number of hydrogen-bond acceptors (Lipinski definition) is 4. The fourth-order valence-electron chi connectivity index (χ4n) is 0.910. The molecule has 2 N–H and O–H groups in total. The molecule has 1 unspecified atom stereocenters. The van der Waals surface area contributed by atoms with Gasteiger partial charge in [0.15, 0.2) is 0 Å². The molecule has 0 saturated carbocycles. The number of nitrogens with one attached hydrogen (secondary N) is 1. The second-order valence-corrected chi connectivity index (χ2v) is 3.16. The number of aromatic nitrogens is 1. The molecule has 78 valence electrons. The summed E-state index contributed by atoms with van der Waals surface area (Å²) < 4.78 is 0. The zero-order valence-electron chi connectivity index (χ0n) is 8.27. The fourth-order valence-corrected chi connectivity index (χ4v) is 0.910. The molecule has 0 fully saturated rings. The molecule has 1 rings (SSSR count). The summed E-state index contributed by atoms with van der Waals surface area (Å²) in [5.41, 5.74) is 0.479. The van der Waals surface area contributed by atoms with Gasteiger partial charge in [-0.25, -0.2) is 4.98 Å². The Morgan fingerprint density at radius 1 is 1.73 bits per heavy atom. The van der Waals surface area contributed by atoms with Gasteiger partial charge in [-0.1, -0.05) is 6.92 Å². The number of nitrogens with zero attached hydrogens (tertiary/aromatic N) is 2. The first-order valence-corrected chi connectivity index (χ1v) is 4.46. The van der Waals surface area contributed by atoms with E-state index in [0.29, 0.717) is 17.9 Å². The predicted molar refractivity (Wildman–Crippen MR) is 54.2 cm³/mol. The lowest BCUT2D eigenvalue weighted by Gasteiger charge is -2.08. The number of carbonyl (C=O) groups is 1. The monoisotopic (exact) mass is 205 g/mol. The summed E-state index contributed by atoms with van der Waals surface area (Å²) in [6, 6.07) is 5.22. The highest BCUT2D eigenvalue weighted by molar-refractivity contribution is 5.70. The molecule has 0 amide bonds. The number of hydrogen-bond donors (Lipinski definition) is 2. The minimum Gasteiger partial charge on any atom is -0.481 e. The maximum absolute atomic E-state index is 10.5. The van der Waals surface area contributed by atoms with E-state index >= 15 is 0 Å². The van der Waals surface area contributed by atoms with Gasteiger partial charge in [0.1, 0.15) is 11.9 Å². The van der Waals surface area contributed by atoms with Crippen molar-refractivity contribution < 1.29 is 9.90 Å². The molecule has 0 bridgehead atoms. The van der Waals surface area contributed by atoms with Crippen LogP contribution in [0.4, 0.5) is 5.82 Å². The Morgan fingerprint density at radius 2 is 2.47 bits per heavy atom. The number of carboxylic acids is 1. The average Bonchev–Trinajstić information content (AvgIpc) is 2.26. The van der Waals surface area contributed by atoms with Gasteiger partial charge in [-0.2, -0.15) is 5.26 Å². The van der Waals surface area contributed by atoms with Crippen LogP contribution in [-0.2, 0) is 4.79 Å². The van der Waals surface area contributed by atoms with Gasteiger partial charge in [0, 0.05) is 12.7 Å². The molecule has 0 spiro atoms. The van der Waals surface area contributed by atoms with Gasteiger partial charge in [-0.3, -0.25) is 4.79 Å². The van der Waals surface area contributed by atoms with Crippen LogP contribution in [0, 0.1) is 17.2 Å². The number of anilines is 1. The molecule has 0 radical (unpaired) electrons. The Hall–Kier alpha value is -2.09. The molecule has 1 aromatic rings. The summed E-state index contributed by atoms with van der Waals surface area (Å²) >= 11 is 0. The number of pyridine rings is 1. The molecule has 0 aliphatic heterocycles. The van der Waals surface area contributed by atoms with Crippen molar-refractivity contribution in [1.29, 1.82) is 5.26 Å². The third kappa shape index (κ3) is 3.27. The summed E-state index contributed by atoms with van der Waals surface area (Å²) in [5, 5.41) is 20.0. The number of aliphatic carboxylic acids is 1. The van der Waals surface area contributed by atoms with Crippen molar-refractivity contribution in [2.24, 2.45) is 5.92 Å². The topological polar surface area (TPSA) is 86.0 Å². The van der Waals surface area contributed by atoms with Gasteiger partial charge in [-0.15, -0.1) is 0 Å². The van der Waals surface area contributed by atoms with Crippen molar-refractivity contribution in [3.63, 3.8) is 0 Å². The Morgan fingerprint density at radius 3 is 2.93 bits per heavy atom. The van der Waals surface area contributed by atoms with Gasteiger partial charge in [-0.05, 0) is 12.1 Å². The van der Waals surface area contributed by atoms with Gasteiger partial charge < -0.3 is 10.4 Å². The fraction of sp³-hybridized carbons (Fsp3) is 0.300. The van der Waals surface area contributed by atoms with Crippen molar-refractivity contribution in [1.82, 2.24) is 4.98 Å². The van der Waals surface area contributed by atoms with Crippen LogP contribution < -0.4 is 5.32 Å². The Labute approximate surface area is 87.4 Å². The van der Waals surface area contributed by atoms with E-state index < -0.39 is 11.9 Å². The quantitative estimate of drug-likeness (QED) is 0.768. The highest BCUT2D eigenvalue weighted by Gasteiger charge is 2.09. The SMILES string of the molecule is CC(CNc1ccc(C#N)cn1)C(=O)O. The van der Waals surface area contributed by atoms with Gasteiger partial charge in [0.05, 0.1) is 11.5 Å². The van der Waals surface area contributed by atoms with Crippen LogP contribution in [0.25, 0.3) is 0 Å². The van der Waals surface area contributed by atoms with E-state index in [1.54, 1.807) is 19.1 Å². The van der Waals surface area contributed by atoms with Crippen molar-refractivity contribution >= 4 is 11.8 Å². The maximum Gasteiger partial charge on any atom is 0.308 e. The van der Waals surface area contributed by atoms with E-state index in [1.165, 1.54) is 6.20 Å². The first kappa shape index (κ1) is 11.0. The lowest BCUT2D eigenvalue weighted by atomic mass is 10.2. The van der Waals surface area contributed by atoms with E-state index in [-0.39, 0.29) is 0 Å². The predicted octanol–water partition coefficient (Wildman–Crippen LogP) is 1.09. The molecule has 0 aliphatic rings. The highest BCUT2D eigenvalue weighted by atomic mass is 16.4. The third-order valence-electron chi connectivity index (χ3n) is 1.90. The molecule has 5 heteroatoms. The molecule has 15 heavy (non-hydrogen) atoms. The van der Waals surface area contributed by atoms with Gasteiger partial charge >= 0.3 is 5.97 Å². The highest BCUT2D eigenvalue weighted by Crippen LogP contribution is 2.05. The van der Waals surface area contributed by atoms with Crippen LogP contribution >= 0.6 is 0 Å². The van der Waals surface area contributed by atoms with Crippen LogP contribution in [0.5, 0.6) is 0 Å². The normalized spacial score (nSPS) is 11.5.